The van der Waals surface area contributed by atoms with Gasteiger partial charge in [0.25, 0.3) is 0 Å². The Bertz CT molecular complexity index is 277. The van der Waals surface area contributed by atoms with Crippen LogP contribution in [-0.4, -0.2) is 0 Å². The first-order valence-corrected chi connectivity index (χ1v) is 9.71. The van der Waals surface area contributed by atoms with Gasteiger partial charge in [-0.3, -0.25) is 0 Å². The van der Waals surface area contributed by atoms with Gasteiger partial charge in [-0.2, -0.15) is 0 Å². The quantitative estimate of drug-likeness (QED) is 0.519. The molecule has 2 rings (SSSR count). The largest absolute Gasteiger partial charge is 0.0625 e. The fourth-order valence-corrected chi connectivity index (χ4v) is 5.55. The Labute approximate surface area is 134 Å². The lowest BCUT2D eigenvalue weighted by Gasteiger charge is -2.47. The maximum absolute atomic E-state index is 2.57. The standard InChI is InChI=1S/C21H40/c1-16-7-11-18(12-8-16)20(3,4)15-21(5,6)19-13-9-17(2)10-14-19/h16-19H,7-15H2,1-6H3. The zero-order chi connectivity index (χ0) is 15.7. The Balaban J connectivity index is 1.94. The van der Waals surface area contributed by atoms with Crippen LogP contribution in [0.4, 0.5) is 0 Å². The minimum atomic E-state index is 0.534. The van der Waals surface area contributed by atoms with Crippen molar-refractivity contribution in [2.75, 3.05) is 0 Å². The Kier molecular flexibility index (Phi) is 5.48. The van der Waals surface area contributed by atoms with Crippen LogP contribution in [-0.2, 0) is 0 Å². The Morgan fingerprint density at radius 3 is 1.14 bits per heavy atom. The van der Waals surface area contributed by atoms with Gasteiger partial charge in [-0.25, -0.2) is 0 Å². The molecular weight excluding hydrogens is 252 g/mol. The van der Waals surface area contributed by atoms with E-state index in [1.54, 1.807) is 0 Å². The van der Waals surface area contributed by atoms with Gasteiger partial charge < -0.3 is 0 Å². The average molecular weight is 293 g/mol. The highest BCUT2D eigenvalue weighted by molar-refractivity contribution is 4.91. The van der Waals surface area contributed by atoms with E-state index >= 15 is 0 Å². The van der Waals surface area contributed by atoms with E-state index in [4.69, 9.17) is 0 Å². The summed E-state index contributed by atoms with van der Waals surface area (Å²) in [4.78, 5) is 0. The minimum Gasteiger partial charge on any atom is -0.0625 e. The predicted octanol–water partition coefficient (Wildman–Crippen LogP) is 7.08. The van der Waals surface area contributed by atoms with E-state index in [1.807, 2.05) is 0 Å². The summed E-state index contributed by atoms with van der Waals surface area (Å²) in [6.45, 7) is 15.2. The average Bonchev–Trinajstić information content (AvgIpc) is 2.38. The zero-order valence-electron chi connectivity index (χ0n) is 15.7. The fourth-order valence-electron chi connectivity index (χ4n) is 5.55. The van der Waals surface area contributed by atoms with Gasteiger partial charge in [0.05, 0.1) is 0 Å². The second-order valence-corrected chi connectivity index (χ2v) is 10.1. The first-order valence-electron chi connectivity index (χ1n) is 9.71. The van der Waals surface area contributed by atoms with E-state index in [9.17, 15) is 0 Å². The summed E-state index contributed by atoms with van der Waals surface area (Å²) in [5.74, 6) is 3.89. The van der Waals surface area contributed by atoms with Gasteiger partial charge in [0.15, 0.2) is 0 Å². The maximum atomic E-state index is 2.57. The molecule has 0 aromatic carbocycles. The van der Waals surface area contributed by atoms with Crippen LogP contribution in [0.15, 0.2) is 0 Å². The molecule has 0 N–H and O–H groups in total. The molecule has 2 aliphatic rings. The van der Waals surface area contributed by atoms with E-state index in [0.29, 0.717) is 10.8 Å². The molecule has 2 fully saturated rings. The molecule has 0 radical (unpaired) electrons. The van der Waals surface area contributed by atoms with Gasteiger partial charge in [-0.15, -0.1) is 0 Å². The third-order valence-electron chi connectivity index (χ3n) is 7.15. The summed E-state index contributed by atoms with van der Waals surface area (Å²) in [5, 5.41) is 0. The van der Waals surface area contributed by atoms with Crippen LogP contribution in [0.25, 0.3) is 0 Å². The highest BCUT2D eigenvalue weighted by atomic mass is 14.5. The molecule has 0 bridgehead atoms. The highest BCUT2D eigenvalue weighted by Gasteiger charge is 2.40. The first-order chi connectivity index (χ1) is 9.71. The van der Waals surface area contributed by atoms with E-state index in [0.717, 1.165) is 23.7 Å². The van der Waals surface area contributed by atoms with Crippen molar-refractivity contribution >= 4 is 0 Å². The molecule has 0 unspecified atom stereocenters. The normalized spacial score (nSPS) is 35.7. The van der Waals surface area contributed by atoms with Crippen LogP contribution in [0, 0.1) is 34.5 Å². The van der Waals surface area contributed by atoms with Crippen LogP contribution in [0.2, 0.25) is 0 Å². The zero-order valence-corrected chi connectivity index (χ0v) is 15.7. The molecule has 0 aromatic rings. The Morgan fingerprint density at radius 2 is 0.857 bits per heavy atom. The lowest BCUT2D eigenvalue weighted by Crippen LogP contribution is -2.37. The summed E-state index contributed by atoms with van der Waals surface area (Å²) in [5.41, 5.74) is 1.07. The van der Waals surface area contributed by atoms with Crippen molar-refractivity contribution in [2.24, 2.45) is 34.5 Å². The maximum Gasteiger partial charge on any atom is -0.0321 e. The lowest BCUT2D eigenvalue weighted by atomic mass is 9.58. The van der Waals surface area contributed by atoms with E-state index < -0.39 is 0 Å². The Hall–Kier alpha value is 0. The van der Waals surface area contributed by atoms with E-state index in [1.165, 1.54) is 57.8 Å². The molecule has 0 heteroatoms. The molecule has 124 valence electrons. The summed E-state index contributed by atoms with van der Waals surface area (Å²) in [7, 11) is 0. The SMILES string of the molecule is CC1CCC(C(C)(C)CC(C)(C)C2CCC(C)CC2)CC1. The summed E-state index contributed by atoms with van der Waals surface area (Å²) < 4.78 is 0. The molecule has 2 aliphatic carbocycles. The molecule has 0 nitrogen and oxygen atoms in total. The van der Waals surface area contributed by atoms with E-state index in [-0.39, 0.29) is 0 Å². The Morgan fingerprint density at radius 1 is 0.571 bits per heavy atom. The van der Waals surface area contributed by atoms with Crippen molar-refractivity contribution in [1.82, 2.24) is 0 Å². The molecule has 0 saturated heterocycles. The third-order valence-corrected chi connectivity index (χ3v) is 7.15. The molecule has 21 heavy (non-hydrogen) atoms. The third kappa shape index (κ3) is 4.49. The number of rotatable bonds is 4. The van der Waals surface area contributed by atoms with Crippen molar-refractivity contribution < 1.29 is 0 Å². The predicted molar refractivity (Wildman–Crippen MR) is 94.4 cm³/mol. The highest BCUT2D eigenvalue weighted by Crippen LogP contribution is 2.51. The first kappa shape index (κ1) is 17.4. The van der Waals surface area contributed by atoms with Crippen LogP contribution in [0.5, 0.6) is 0 Å². The summed E-state index contributed by atoms with van der Waals surface area (Å²) in [6.07, 6.45) is 13.2. The minimum absolute atomic E-state index is 0.534. The van der Waals surface area contributed by atoms with Crippen molar-refractivity contribution in [1.29, 1.82) is 0 Å². The van der Waals surface area contributed by atoms with Gasteiger partial charge in [-0.05, 0) is 66.6 Å². The summed E-state index contributed by atoms with van der Waals surface area (Å²) >= 11 is 0. The van der Waals surface area contributed by atoms with Crippen LogP contribution in [0.1, 0.15) is 99.3 Å². The lowest BCUT2D eigenvalue weighted by molar-refractivity contribution is 0.0348. The fraction of sp³-hybridized carbons (Fsp3) is 1.00. The van der Waals surface area contributed by atoms with Crippen molar-refractivity contribution in [3.63, 3.8) is 0 Å². The van der Waals surface area contributed by atoms with Gasteiger partial charge in [0.1, 0.15) is 0 Å². The molecule has 0 heterocycles. The monoisotopic (exact) mass is 292 g/mol. The van der Waals surface area contributed by atoms with Gasteiger partial charge in [-0.1, -0.05) is 67.2 Å². The van der Waals surface area contributed by atoms with Crippen LogP contribution < -0.4 is 0 Å². The molecule has 2 saturated carbocycles. The molecule has 0 aliphatic heterocycles. The molecule has 0 aromatic heterocycles. The number of hydrogen-bond acceptors (Lipinski definition) is 0. The smallest absolute Gasteiger partial charge is 0.0321 e. The second kappa shape index (κ2) is 6.63. The number of hydrogen-bond donors (Lipinski definition) is 0. The van der Waals surface area contributed by atoms with Crippen LogP contribution in [0.3, 0.4) is 0 Å². The molecule has 0 atom stereocenters. The van der Waals surface area contributed by atoms with Crippen LogP contribution >= 0.6 is 0 Å². The van der Waals surface area contributed by atoms with E-state index in [2.05, 4.69) is 41.5 Å². The van der Waals surface area contributed by atoms with Crippen molar-refractivity contribution in [2.45, 2.75) is 99.3 Å². The van der Waals surface area contributed by atoms with Crippen molar-refractivity contribution in [3.8, 4) is 0 Å². The topological polar surface area (TPSA) is 0 Å². The second-order valence-electron chi connectivity index (χ2n) is 10.1. The van der Waals surface area contributed by atoms with Gasteiger partial charge >= 0.3 is 0 Å². The summed E-state index contributed by atoms with van der Waals surface area (Å²) in [6, 6.07) is 0. The molecule has 0 spiro atoms. The van der Waals surface area contributed by atoms with Gasteiger partial charge in [0.2, 0.25) is 0 Å². The van der Waals surface area contributed by atoms with Crippen molar-refractivity contribution in [3.05, 3.63) is 0 Å². The van der Waals surface area contributed by atoms with Gasteiger partial charge in [0, 0.05) is 0 Å². The molecular formula is C21H40. The molecule has 0 amide bonds.